The lowest BCUT2D eigenvalue weighted by Crippen LogP contribution is -2.33. The third-order valence-corrected chi connectivity index (χ3v) is 2.74. The van der Waals surface area contributed by atoms with Crippen molar-refractivity contribution in [2.24, 2.45) is 0 Å². The average Bonchev–Trinajstić information content (AvgIpc) is 2.30. The molecule has 102 valence electrons. The molecule has 0 radical (unpaired) electrons. The topological polar surface area (TPSA) is 67.3 Å². The zero-order chi connectivity index (χ0) is 13.6. The van der Waals surface area contributed by atoms with E-state index in [1.807, 2.05) is 20.8 Å². The van der Waals surface area contributed by atoms with Gasteiger partial charge in [-0.05, 0) is 27.2 Å². The minimum absolute atomic E-state index is 0.463. The zero-order valence-corrected chi connectivity index (χ0v) is 11.7. The Morgan fingerprint density at radius 2 is 2.11 bits per heavy atom. The van der Waals surface area contributed by atoms with Gasteiger partial charge in [-0.15, -0.1) is 0 Å². The van der Waals surface area contributed by atoms with E-state index in [1.54, 1.807) is 0 Å². The Labute approximate surface area is 109 Å². The van der Waals surface area contributed by atoms with E-state index in [-0.39, 0.29) is 0 Å². The van der Waals surface area contributed by atoms with Gasteiger partial charge in [-0.3, -0.25) is 0 Å². The maximum absolute atomic E-state index is 10.1. The van der Waals surface area contributed by atoms with Crippen LogP contribution in [0.1, 0.15) is 39.2 Å². The fourth-order valence-electron chi connectivity index (χ4n) is 1.80. The van der Waals surface area contributed by atoms with Gasteiger partial charge in [-0.1, -0.05) is 13.3 Å². The van der Waals surface area contributed by atoms with Crippen molar-refractivity contribution in [3.05, 3.63) is 11.9 Å². The zero-order valence-electron chi connectivity index (χ0n) is 11.7. The maximum Gasteiger partial charge on any atom is 0.221 e. The molecule has 0 aliphatic rings. The normalized spacial score (nSPS) is 14.1. The number of aromatic nitrogens is 2. The summed E-state index contributed by atoms with van der Waals surface area (Å²) in [6.07, 6.45) is 3.17. The van der Waals surface area contributed by atoms with Crippen LogP contribution in [-0.4, -0.2) is 33.8 Å². The first-order valence-electron chi connectivity index (χ1n) is 6.40. The molecular weight excluding hydrogens is 230 g/mol. The van der Waals surface area contributed by atoms with Gasteiger partial charge in [0.1, 0.15) is 12.1 Å². The van der Waals surface area contributed by atoms with Crippen LogP contribution < -0.4 is 10.1 Å². The van der Waals surface area contributed by atoms with Crippen LogP contribution in [0.25, 0.3) is 0 Å². The van der Waals surface area contributed by atoms with Gasteiger partial charge in [0, 0.05) is 6.54 Å². The molecule has 1 aromatic rings. The number of hydrogen-bond donors (Lipinski definition) is 2. The number of aliphatic hydroxyl groups is 1. The molecule has 0 amide bonds. The van der Waals surface area contributed by atoms with Crippen molar-refractivity contribution >= 4 is 5.82 Å². The first kappa shape index (κ1) is 14.7. The summed E-state index contributed by atoms with van der Waals surface area (Å²) < 4.78 is 5.40. The lowest BCUT2D eigenvalue weighted by molar-refractivity contribution is 0.0636. The highest BCUT2D eigenvalue weighted by Gasteiger charge is 2.19. The van der Waals surface area contributed by atoms with Crippen LogP contribution in [0, 0.1) is 6.92 Å². The second-order valence-corrected chi connectivity index (χ2v) is 4.69. The van der Waals surface area contributed by atoms with Gasteiger partial charge >= 0.3 is 0 Å². The molecule has 0 spiro atoms. The first-order valence-corrected chi connectivity index (χ1v) is 6.40. The second kappa shape index (κ2) is 6.54. The fourth-order valence-corrected chi connectivity index (χ4v) is 1.80. The molecule has 5 nitrogen and oxygen atoms in total. The van der Waals surface area contributed by atoms with Crippen molar-refractivity contribution in [3.8, 4) is 5.88 Å². The fraction of sp³-hybridized carbons (Fsp3) is 0.692. The van der Waals surface area contributed by atoms with Crippen LogP contribution in [0.2, 0.25) is 0 Å². The van der Waals surface area contributed by atoms with Crippen molar-refractivity contribution in [1.29, 1.82) is 0 Å². The molecular formula is C13H23N3O2. The molecule has 1 rings (SSSR count). The molecule has 0 saturated heterocycles. The van der Waals surface area contributed by atoms with E-state index in [0.717, 1.165) is 18.4 Å². The van der Waals surface area contributed by atoms with E-state index in [4.69, 9.17) is 4.74 Å². The van der Waals surface area contributed by atoms with Gasteiger partial charge in [-0.25, -0.2) is 9.97 Å². The molecule has 0 aliphatic carbocycles. The highest BCUT2D eigenvalue weighted by molar-refractivity contribution is 5.47. The lowest BCUT2D eigenvalue weighted by Gasteiger charge is -2.23. The molecule has 1 unspecified atom stereocenters. The van der Waals surface area contributed by atoms with Gasteiger partial charge in [0.15, 0.2) is 0 Å². The SMILES string of the molecule is CCCC(C)(O)CNc1ncnc(OCC)c1C. The van der Waals surface area contributed by atoms with Gasteiger partial charge in [0.05, 0.1) is 17.8 Å². The summed E-state index contributed by atoms with van der Waals surface area (Å²) in [5.74, 6) is 1.30. The maximum atomic E-state index is 10.1. The van der Waals surface area contributed by atoms with Gasteiger partial charge in [0.2, 0.25) is 5.88 Å². The molecule has 2 N–H and O–H groups in total. The number of nitrogens with zero attached hydrogens (tertiary/aromatic N) is 2. The Kier molecular flexibility index (Phi) is 5.34. The second-order valence-electron chi connectivity index (χ2n) is 4.69. The molecule has 1 atom stereocenters. The van der Waals surface area contributed by atoms with E-state index >= 15 is 0 Å². The molecule has 0 bridgehead atoms. The number of rotatable bonds is 7. The Bertz CT molecular complexity index is 380. The summed E-state index contributed by atoms with van der Waals surface area (Å²) in [5, 5.41) is 13.3. The summed E-state index contributed by atoms with van der Waals surface area (Å²) in [6, 6.07) is 0. The van der Waals surface area contributed by atoms with Gasteiger partial charge in [0.25, 0.3) is 0 Å². The Balaban J connectivity index is 2.70. The minimum Gasteiger partial charge on any atom is -0.478 e. The molecule has 5 heteroatoms. The van der Waals surface area contributed by atoms with Gasteiger partial charge < -0.3 is 15.2 Å². The van der Waals surface area contributed by atoms with Crippen LogP contribution in [0.3, 0.4) is 0 Å². The summed E-state index contributed by atoms with van der Waals surface area (Å²) in [4.78, 5) is 8.24. The minimum atomic E-state index is -0.724. The van der Waals surface area contributed by atoms with Crippen molar-refractivity contribution in [2.75, 3.05) is 18.5 Å². The summed E-state index contributed by atoms with van der Waals surface area (Å²) in [6.45, 7) is 8.73. The Morgan fingerprint density at radius 3 is 2.72 bits per heavy atom. The van der Waals surface area contributed by atoms with E-state index in [2.05, 4.69) is 22.2 Å². The Hall–Kier alpha value is -1.36. The average molecular weight is 253 g/mol. The van der Waals surface area contributed by atoms with Crippen LogP contribution >= 0.6 is 0 Å². The van der Waals surface area contributed by atoms with Gasteiger partial charge in [-0.2, -0.15) is 0 Å². The molecule has 18 heavy (non-hydrogen) atoms. The third kappa shape index (κ3) is 4.14. The lowest BCUT2D eigenvalue weighted by atomic mass is 10.0. The monoisotopic (exact) mass is 253 g/mol. The third-order valence-electron chi connectivity index (χ3n) is 2.74. The van der Waals surface area contributed by atoms with E-state index < -0.39 is 5.60 Å². The highest BCUT2D eigenvalue weighted by Crippen LogP contribution is 2.21. The number of nitrogens with one attached hydrogen (secondary N) is 1. The molecule has 0 aliphatic heterocycles. The van der Waals surface area contributed by atoms with E-state index in [9.17, 15) is 5.11 Å². The van der Waals surface area contributed by atoms with Crippen LogP contribution in [0.5, 0.6) is 5.88 Å². The molecule has 1 heterocycles. The quantitative estimate of drug-likeness (QED) is 0.779. The highest BCUT2D eigenvalue weighted by atomic mass is 16.5. The number of anilines is 1. The molecule has 0 aromatic carbocycles. The molecule has 1 aromatic heterocycles. The van der Waals surface area contributed by atoms with E-state index in [0.29, 0.717) is 24.8 Å². The van der Waals surface area contributed by atoms with Crippen molar-refractivity contribution < 1.29 is 9.84 Å². The van der Waals surface area contributed by atoms with Crippen LogP contribution in [-0.2, 0) is 0 Å². The van der Waals surface area contributed by atoms with Crippen LogP contribution in [0.4, 0.5) is 5.82 Å². The first-order chi connectivity index (χ1) is 8.50. The summed E-state index contributed by atoms with van der Waals surface area (Å²) >= 11 is 0. The largest absolute Gasteiger partial charge is 0.478 e. The van der Waals surface area contributed by atoms with Crippen molar-refractivity contribution in [1.82, 2.24) is 9.97 Å². The standard InChI is InChI=1S/C13H23N3O2/c1-5-7-13(4,17)8-14-11-10(3)12(18-6-2)16-9-15-11/h9,17H,5-8H2,1-4H3,(H,14,15,16). The van der Waals surface area contributed by atoms with Crippen molar-refractivity contribution in [2.45, 2.75) is 46.1 Å². The predicted molar refractivity (Wildman–Crippen MR) is 72.0 cm³/mol. The number of ether oxygens (including phenoxy) is 1. The molecule has 0 saturated carbocycles. The molecule has 0 fully saturated rings. The van der Waals surface area contributed by atoms with Crippen molar-refractivity contribution in [3.63, 3.8) is 0 Å². The smallest absolute Gasteiger partial charge is 0.221 e. The van der Waals surface area contributed by atoms with Crippen LogP contribution in [0.15, 0.2) is 6.33 Å². The summed E-state index contributed by atoms with van der Waals surface area (Å²) in [5.41, 5.74) is 0.143. The number of hydrogen-bond acceptors (Lipinski definition) is 5. The van der Waals surface area contributed by atoms with E-state index in [1.165, 1.54) is 6.33 Å². The predicted octanol–water partition coefficient (Wildman–Crippen LogP) is 2.15. The summed E-state index contributed by atoms with van der Waals surface area (Å²) in [7, 11) is 0. The Morgan fingerprint density at radius 1 is 1.39 bits per heavy atom.